The van der Waals surface area contributed by atoms with Crippen LogP contribution in [0, 0.1) is 16.7 Å². The molecule has 0 aliphatic heterocycles. The Bertz CT molecular complexity index is 304. The number of hydrogen-bond acceptors (Lipinski definition) is 3. The van der Waals surface area contributed by atoms with Crippen molar-refractivity contribution >= 4 is 11.9 Å². The minimum absolute atomic E-state index is 0.192. The summed E-state index contributed by atoms with van der Waals surface area (Å²) >= 11 is 0. The molecule has 0 saturated heterocycles. The van der Waals surface area contributed by atoms with Crippen LogP contribution in [0.1, 0.15) is 27.2 Å². The zero-order valence-corrected chi connectivity index (χ0v) is 9.44. The summed E-state index contributed by atoms with van der Waals surface area (Å²) < 4.78 is 0. The standard InChI is InChI=1S/C10H16N2O3/c1-7(5-6-11)12(4)8(13)10(2,3)9(14)15/h7H,5H2,1-4H3,(H,14,15). The summed E-state index contributed by atoms with van der Waals surface area (Å²) in [7, 11) is 1.51. The first kappa shape index (κ1) is 13.4. The molecule has 0 aromatic carbocycles. The van der Waals surface area contributed by atoms with Gasteiger partial charge in [0.25, 0.3) is 0 Å². The van der Waals surface area contributed by atoms with E-state index < -0.39 is 17.3 Å². The van der Waals surface area contributed by atoms with Gasteiger partial charge in [-0.05, 0) is 20.8 Å². The number of carboxylic acid groups (broad SMARTS) is 1. The largest absolute Gasteiger partial charge is 0.480 e. The smallest absolute Gasteiger partial charge is 0.318 e. The average Bonchev–Trinajstić information content (AvgIpc) is 2.15. The minimum atomic E-state index is -1.45. The van der Waals surface area contributed by atoms with E-state index in [0.29, 0.717) is 0 Å². The van der Waals surface area contributed by atoms with E-state index in [1.165, 1.54) is 25.8 Å². The maximum absolute atomic E-state index is 11.8. The van der Waals surface area contributed by atoms with Crippen molar-refractivity contribution in [2.75, 3.05) is 7.05 Å². The van der Waals surface area contributed by atoms with Gasteiger partial charge in [-0.25, -0.2) is 0 Å². The quantitative estimate of drug-likeness (QED) is 0.700. The molecule has 0 aliphatic carbocycles. The van der Waals surface area contributed by atoms with Crippen LogP contribution in [0.25, 0.3) is 0 Å². The van der Waals surface area contributed by atoms with Crippen molar-refractivity contribution in [1.29, 1.82) is 5.26 Å². The van der Waals surface area contributed by atoms with E-state index in [1.807, 2.05) is 6.07 Å². The summed E-state index contributed by atoms with van der Waals surface area (Å²) in [5.74, 6) is -1.65. The lowest BCUT2D eigenvalue weighted by Crippen LogP contribution is -2.46. The summed E-state index contributed by atoms with van der Waals surface area (Å²) in [6, 6.07) is 1.67. The number of carbonyl (C=O) groups is 2. The molecule has 0 rings (SSSR count). The Balaban J connectivity index is 4.73. The SMILES string of the molecule is CC(CC#N)N(C)C(=O)C(C)(C)C(=O)O. The first-order chi connectivity index (χ1) is 6.75. The Morgan fingerprint density at radius 2 is 2.00 bits per heavy atom. The summed E-state index contributed by atoms with van der Waals surface area (Å²) in [5.41, 5.74) is -1.45. The van der Waals surface area contributed by atoms with Gasteiger partial charge in [-0.1, -0.05) is 0 Å². The molecule has 1 unspecified atom stereocenters. The lowest BCUT2D eigenvalue weighted by atomic mass is 9.91. The highest BCUT2D eigenvalue weighted by Crippen LogP contribution is 2.20. The predicted octanol–water partition coefficient (Wildman–Crippen LogP) is 0.858. The van der Waals surface area contributed by atoms with E-state index in [9.17, 15) is 9.59 Å². The fourth-order valence-electron chi connectivity index (χ4n) is 1.00. The molecule has 0 aromatic heterocycles. The van der Waals surface area contributed by atoms with Crippen LogP contribution in [0.2, 0.25) is 0 Å². The minimum Gasteiger partial charge on any atom is -0.480 e. The van der Waals surface area contributed by atoms with Crippen molar-refractivity contribution in [3.8, 4) is 6.07 Å². The Morgan fingerprint density at radius 1 is 1.53 bits per heavy atom. The molecule has 0 heterocycles. The highest BCUT2D eigenvalue weighted by Gasteiger charge is 2.39. The molecule has 5 heteroatoms. The summed E-state index contributed by atoms with van der Waals surface area (Å²) in [6.45, 7) is 4.42. The molecule has 0 saturated carbocycles. The van der Waals surface area contributed by atoms with Crippen molar-refractivity contribution in [3.05, 3.63) is 0 Å². The third-order valence-electron chi connectivity index (χ3n) is 2.44. The molecule has 84 valence electrons. The van der Waals surface area contributed by atoms with Crippen molar-refractivity contribution < 1.29 is 14.7 Å². The van der Waals surface area contributed by atoms with Crippen LogP contribution in [0.3, 0.4) is 0 Å². The van der Waals surface area contributed by atoms with Crippen molar-refractivity contribution in [1.82, 2.24) is 4.90 Å². The van der Waals surface area contributed by atoms with E-state index >= 15 is 0 Å². The normalized spacial score (nSPS) is 12.7. The zero-order valence-electron chi connectivity index (χ0n) is 9.44. The first-order valence-corrected chi connectivity index (χ1v) is 4.62. The van der Waals surface area contributed by atoms with Crippen LogP contribution in [-0.2, 0) is 9.59 Å². The lowest BCUT2D eigenvalue weighted by Gasteiger charge is -2.29. The second-order valence-electron chi connectivity index (χ2n) is 4.06. The molecule has 0 bridgehead atoms. The topological polar surface area (TPSA) is 81.4 Å². The van der Waals surface area contributed by atoms with E-state index in [2.05, 4.69) is 0 Å². The van der Waals surface area contributed by atoms with E-state index in [-0.39, 0.29) is 12.5 Å². The summed E-state index contributed by atoms with van der Waals surface area (Å²) in [4.78, 5) is 23.9. The van der Waals surface area contributed by atoms with Crippen LogP contribution in [0.5, 0.6) is 0 Å². The summed E-state index contributed by atoms with van der Waals surface area (Å²) in [5, 5.41) is 17.3. The maximum Gasteiger partial charge on any atom is 0.318 e. The average molecular weight is 212 g/mol. The van der Waals surface area contributed by atoms with Gasteiger partial charge in [-0.15, -0.1) is 0 Å². The van der Waals surface area contributed by atoms with E-state index in [1.54, 1.807) is 6.92 Å². The number of nitrogens with zero attached hydrogens (tertiary/aromatic N) is 2. The molecular weight excluding hydrogens is 196 g/mol. The monoisotopic (exact) mass is 212 g/mol. The fraction of sp³-hybridized carbons (Fsp3) is 0.700. The van der Waals surface area contributed by atoms with Crippen LogP contribution < -0.4 is 0 Å². The Kier molecular flexibility index (Phi) is 4.28. The van der Waals surface area contributed by atoms with E-state index in [4.69, 9.17) is 10.4 Å². The van der Waals surface area contributed by atoms with Gasteiger partial charge in [0.1, 0.15) is 5.41 Å². The second kappa shape index (κ2) is 4.78. The van der Waals surface area contributed by atoms with Gasteiger partial charge in [0.15, 0.2) is 0 Å². The number of carbonyl (C=O) groups excluding carboxylic acids is 1. The van der Waals surface area contributed by atoms with Gasteiger partial charge in [0.2, 0.25) is 5.91 Å². The maximum atomic E-state index is 11.8. The molecule has 15 heavy (non-hydrogen) atoms. The molecule has 0 fully saturated rings. The molecule has 0 spiro atoms. The van der Waals surface area contributed by atoms with Gasteiger partial charge in [-0.2, -0.15) is 5.26 Å². The van der Waals surface area contributed by atoms with Crippen LogP contribution >= 0.6 is 0 Å². The third kappa shape index (κ3) is 2.94. The molecule has 1 N–H and O–H groups in total. The van der Waals surface area contributed by atoms with Crippen LogP contribution in [0.15, 0.2) is 0 Å². The first-order valence-electron chi connectivity index (χ1n) is 4.62. The highest BCUT2D eigenvalue weighted by molar-refractivity contribution is 6.00. The van der Waals surface area contributed by atoms with Crippen molar-refractivity contribution in [2.45, 2.75) is 33.2 Å². The molecule has 5 nitrogen and oxygen atoms in total. The molecule has 0 aliphatic rings. The molecule has 0 radical (unpaired) electrons. The number of aliphatic carboxylic acids is 1. The molecule has 0 aromatic rings. The fourth-order valence-corrected chi connectivity index (χ4v) is 1.00. The third-order valence-corrected chi connectivity index (χ3v) is 2.44. The number of amides is 1. The Labute approximate surface area is 89.3 Å². The Morgan fingerprint density at radius 3 is 2.33 bits per heavy atom. The van der Waals surface area contributed by atoms with Crippen LogP contribution in [-0.4, -0.2) is 35.0 Å². The van der Waals surface area contributed by atoms with Crippen LogP contribution in [0.4, 0.5) is 0 Å². The number of hydrogen-bond donors (Lipinski definition) is 1. The molecular formula is C10H16N2O3. The van der Waals surface area contributed by atoms with Gasteiger partial charge in [0.05, 0.1) is 12.5 Å². The van der Waals surface area contributed by atoms with Gasteiger partial charge in [0, 0.05) is 13.1 Å². The predicted molar refractivity (Wildman–Crippen MR) is 53.9 cm³/mol. The zero-order chi connectivity index (χ0) is 12.2. The molecule has 1 amide bonds. The number of rotatable bonds is 4. The number of carboxylic acids is 1. The van der Waals surface area contributed by atoms with Gasteiger partial charge >= 0.3 is 5.97 Å². The number of nitriles is 1. The van der Waals surface area contributed by atoms with Crippen molar-refractivity contribution in [3.63, 3.8) is 0 Å². The second-order valence-corrected chi connectivity index (χ2v) is 4.06. The Hall–Kier alpha value is -1.57. The lowest BCUT2D eigenvalue weighted by molar-refractivity contribution is -0.158. The van der Waals surface area contributed by atoms with E-state index in [0.717, 1.165) is 0 Å². The van der Waals surface area contributed by atoms with Gasteiger partial charge < -0.3 is 10.0 Å². The molecule has 1 atom stereocenters. The highest BCUT2D eigenvalue weighted by atomic mass is 16.4. The summed E-state index contributed by atoms with van der Waals surface area (Å²) in [6.07, 6.45) is 0.192. The van der Waals surface area contributed by atoms with Gasteiger partial charge in [-0.3, -0.25) is 9.59 Å². The van der Waals surface area contributed by atoms with Crippen molar-refractivity contribution in [2.24, 2.45) is 5.41 Å².